The first-order valence-electron chi connectivity index (χ1n) is 42.7. The van der Waals surface area contributed by atoms with Crippen molar-refractivity contribution in [3.05, 3.63) is 418 Å². The topological polar surface area (TPSA) is 306 Å². The van der Waals surface area contributed by atoms with E-state index in [-0.39, 0.29) is 162 Å². The van der Waals surface area contributed by atoms with Crippen LogP contribution in [0, 0.1) is 17.9 Å². The number of halogens is 8. The minimum Gasteiger partial charge on any atom is -0.512 e. The van der Waals surface area contributed by atoms with Crippen LogP contribution in [0.15, 0.2) is 389 Å². The van der Waals surface area contributed by atoms with E-state index in [4.69, 9.17) is 5.11 Å². The van der Waals surface area contributed by atoms with Crippen LogP contribution in [0.4, 0.5) is 36.4 Å². The summed E-state index contributed by atoms with van der Waals surface area (Å²) in [5.74, 6) is 2.40. The van der Waals surface area contributed by atoms with E-state index in [0.29, 0.717) is 29.1 Å². The van der Waals surface area contributed by atoms with E-state index in [1.54, 1.807) is 49.4 Å². The molecule has 0 amide bonds. The van der Waals surface area contributed by atoms with Gasteiger partial charge in [0.2, 0.25) is 0 Å². The van der Waals surface area contributed by atoms with Gasteiger partial charge in [0.1, 0.15) is 0 Å². The van der Waals surface area contributed by atoms with Crippen molar-refractivity contribution < 1.29 is 167 Å². The van der Waals surface area contributed by atoms with Crippen molar-refractivity contribution in [3.63, 3.8) is 0 Å². The van der Waals surface area contributed by atoms with Crippen LogP contribution in [0.25, 0.3) is 147 Å². The molecule has 2 atom stereocenters. The van der Waals surface area contributed by atoms with Crippen LogP contribution in [0.5, 0.6) is 0 Å². The molecule has 0 radical (unpaired) electrons. The van der Waals surface area contributed by atoms with E-state index in [1.165, 1.54) is 67.1 Å². The predicted octanol–water partition coefficient (Wildman–Crippen LogP) is 22.7. The maximum Gasteiger partial charge on any atom is 2.00 e. The number of anilines is 1. The van der Waals surface area contributed by atoms with E-state index in [9.17, 15) is 35.5 Å². The van der Waals surface area contributed by atoms with Gasteiger partial charge in [-0.05, 0) is 224 Å². The molecule has 2 unspecified atom stereocenters. The monoisotopic (exact) mass is 3100 g/mol. The number of fused-ring (bicyclic) bond motifs is 5. The van der Waals surface area contributed by atoms with Crippen molar-refractivity contribution in [3.8, 4) is 91.6 Å². The van der Waals surface area contributed by atoms with Crippen molar-refractivity contribution in [2.45, 2.75) is 26.2 Å². The third kappa shape index (κ3) is 37.1. The summed E-state index contributed by atoms with van der Waals surface area (Å²) in [6, 6.07) is 108. The summed E-state index contributed by atoms with van der Waals surface area (Å²) in [5.41, 5.74) is 13.6. The molecule has 22 aromatic rings. The average Bonchev–Trinajstić information content (AvgIpc) is 1.63. The minimum atomic E-state index is -5.23. The molecular weight excluding hydrogens is 3010 g/mol. The molecule has 0 bridgehead atoms. The average molecular weight is 3100 g/mol. The predicted molar refractivity (Wildman–Crippen MR) is 542 cm³/mol. The van der Waals surface area contributed by atoms with Crippen molar-refractivity contribution in [2.24, 2.45) is 0 Å². The Kier molecular flexibility index (Phi) is 52.1. The molecule has 146 heavy (non-hydrogen) atoms. The first-order valence-corrected chi connectivity index (χ1v) is 45.7. The van der Waals surface area contributed by atoms with Gasteiger partial charge in [0.25, 0.3) is 0 Å². The Balaban J connectivity index is 0.000000248. The number of hydrogen-bond donors (Lipinski definition) is 1. The zero-order valence-electron chi connectivity index (χ0n) is 77.6. The van der Waals surface area contributed by atoms with Gasteiger partial charge in [-0.1, -0.05) is 217 Å². The zero-order chi connectivity index (χ0) is 97.7. The number of ketones is 1. The summed E-state index contributed by atoms with van der Waals surface area (Å²) in [5, 5.41) is 11.4. The van der Waals surface area contributed by atoms with Gasteiger partial charge in [-0.2, -0.15) is 26.3 Å². The van der Waals surface area contributed by atoms with Crippen molar-refractivity contribution in [1.29, 1.82) is 0 Å². The summed E-state index contributed by atoms with van der Waals surface area (Å²) < 4.78 is 87.5. The third-order valence-electron chi connectivity index (χ3n) is 19.1. The molecular formula is C107H85ClF7N21O2P2Pt6-4. The molecule has 8 aromatic carbocycles. The second kappa shape index (κ2) is 62.3. The molecule has 0 spiro atoms. The van der Waals surface area contributed by atoms with Crippen LogP contribution >= 0.6 is 29.6 Å². The molecule has 39 heteroatoms. The standard InChI is InChI=1S/C14H13N4.4C12H8N3.C11H7FN.C11H8N.C10H4F6N3.C8H12P2.C5H8O2.ClH.6Pt/c1-18(2)10-7-8-15-13(9-10)14-16-11-5-3-4-6-12(11)17-14;4*1-2-6-10-9(5-1)14-12(15-10)11-7-3-4-8-13-11;12-10-6-4-9(5-7-10)11-3-1-2-8-13-11;1-2-6-10(7-3-1)11-8-4-5-9-12-11;11-9(12,13)6-7(10(14,15)16)19-8(18-6)5-3-1-2-4-17-5;1-9-7-5-3-4-6-8(7)10-2;1-4(6)3-5(2)7;;;;;;;/h3-9H,1-2H3;4*1-8H;1-4,6-8H;1-6,8-9H;1-4H;3-6,9-10H,1-2H3;3,6H,1-2H3;1H;;;;;;/q8*-1;;;;;;;;2*+2. The molecule has 0 fully saturated rings. The molecule has 0 saturated carbocycles. The molecule has 14 aromatic heterocycles. The molecule has 760 valence electrons. The minimum absolute atomic E-state index is 0. The molecule has 1 N–H and O–H groups in total. The molecule has 0 aliphatic heterocycles. The molecule has 22 rings (SSSR count). The van der Waals surface area contributed by atoms with Crippen LogP contribution < -0.4 is 45.4 Å². The fourth-order valence-electron chi connectivity index (χ4n) is 12.6. The van der Waals surface area contributed by atoms with Crippen LogP contribution in [0.1, 0.15) is 25.2 Å². The Labute approximate surface area is 933 Å². The number of aliphatic hydroxyl groups is 1. The number of carbonyl (C=O) groups excluding carboxylic acids is 1. The Morgan fingerprint density at radius 1 is 0.342 bits per heavy atom. The van der Waals surface area contributed by atoms with Gasteiger partial charge < -0.3 is 79.8 Å². The fourth-order valence-corrected chi connectivity index (χ4v) is 14.6. The number of allylic oxidation sites excluding steroid dienone is 2. The Morgan fingerprint density at radius 2 is 0.630 bits per heavy atom. The fraction of sp³-hybridized carbons (Fsp3) is 0.0748. The summed E-state index contributed by atoms with van der Waals surface area (Å²) in [4.78, 5) is 95.3. The van der Waals surface area contributed by atoms with E-state index in [1.807, 2.05) is 286 Å². The van der Waals surface area contributed by atoms with Crippen LogP contribution in [-0.4, -0.2) is 108 Å². The maximum atomic E-state index is 12.6. The van der Waals surface area contributed by atoms with Gasteiger partial charge in [0, 0.05) is 177 Å². The normalized spacial score (nSPS) is 10.4. The number of alkyl halides is 6. The number of aliphatic hydroxyl groups excluding tert-OH is 1. The molecule has 0 aliphatic rings. The number of pyridine rings is 8. The summed E-state index contributed by atoms with van der Waals surface area (Å²) in [6.07, 6.45) is 4.18. The number of nitrogens with zero attached hydrogens (tertiary/aromatic N) is 21. The number of hydrogen-bond acceptors (Lipinski definition) is 17. The number of para-hydroxylation sites is 10. The number of carbonyl (C=O) groups is 1. The van der Waals surface area contributed by atoms with E-state index >= 15 is 0 Å². The smallest absolute Gasteiger partial charge is 0.512 e. The SMILES string of the molecule is CC(=O)C=C(C)O.CN(C)c1ccnc(-c2nc3ccccc3[n-]2)c1.CPc1ccccc1PC.Cl.FC(F)(F)c1nc(-c2ccccn2)[n-]c1C(F)(F)F.Fc1c[c-]c(-c2ccccn2)cc1.[Pt+2].[Pt+2].[Pt].[Pt].[Pt].[Pt].[c-]1ccccc1-c1ccccn1.c1ccc(-c2nc3ccccc3[n-]2)nc1.c1ccc(-c2nc3ccccc3[n-]2)nc1.c1ccc(-c2nc3ccccc3[n-]2)nc1.c1ccc(-c2nc3ccccc3[n-]2)nc1. The van der Waals surface area contributed by atoms with Gasteiger partial charge in [-0.15, -0.1) is 78.1 Å². The first kappa shape index (κ1) is 122. The van der Waals surface area contributed by atoms with Crippen LogP contribution in [0.3, 0.4) is 0 Å². The summed E-state index contributed by atoms with van der Waals surface area (Å²) in [7, 11) is 5.89. The summed E-state index contributed by atoms with van der Waals surface area (Å²) in [6.45, 7) is 7.32. The van der Waals surface area contributed by atoms with Gasteiger partial charge >= 0.3 is 54.5 Å². The van der Waals surface area contributed by atoms with E-state index in [0.717, 1.165) is 129 Å². The number of benzene rings is 8. The van der Waals surface area contributed by atoms with Gasteiger partial charge in [0.05, 0.1) is 39.9 Å². The van der Waals surface area contributed by atoms with Crippen molar-refractivity contribution >= 4 is 107 Å². The second-order valence-corrected chi connectivity index (χ2v) is 31.4. The molecule has 0 aliphatic carbocycles. The van der Waals surface area contributed by atoms with Crippen molar-refractivity contribution in [2.75, 3.05) is 32.3 Å². The van der Waals surface area contributed by atoms with Crippen LogP contribution in [-0.2, 0) is 144 Å². The van der Waals surface area contributed by atoms with Crippen molar-refractivity contribution in [1.82, 2.24) is 99.7 Å². The summed E-state index contributed by atoms with van der Waals surface area (Å²) >= 11 is 0. The Hall–Kier alpha value is -12.7. The number of imidazole rings is 6. The van der Waals surface area contributed by atoms with Crippen LogP contribution in [0.2, 0.25) is 0 Å². The molecule has 23 nitrogen and oxygen atoms in total. The first-order chi connectivity index (χ1) is 67.5. The number of rotatable bonds is 12. The molecule has 0 saturated heterocycles. The zero-order valence-corrected chi connectivity index (χ0v) is 94.0. The third-order valence-corrected chi connectivity index (χ3v) is 21.3. The number of aromatic nitrogens is 20. The Bertz CT molecular complexity index is 6900. The largest absolute Gasteiger partial charge is 2.00 e. The second-order valence-electron chi connectivity index (χ2n) is 29.4. The van der Waals surface area contributed by atoms with Gasteiger partial charge in [-0.3, -0.25) is 39.1 Å². The quantitative estimate of drug-likeness (QED) is 0.0390. The van der Waals surface area contributed by atoms with E-state index < -0.39 is 29.6 Å². The van der Waals surface area contributed by atoms with E-state index in [2.05, 4.69) is 149 Å². The maximum absolute atomic E-state index is 12.6. The van der Waals surface area contributed by atoms with Gasteiger partial charge in [-0.25, -0.2) is 0 Å². The Morgan fingerprint density at radius 3 is 0.877 bits per heavy atom. The molecule has 14 heterocycles. The van der Waals surface area contributed by atoms with Gasteiger partial charge in [0.15, 0.2) is 5.78 Å².